The van der Waals surface area contributed by atoms with E-state index in [9.17, 15) is 0 Å². The van der Waals surface area contributed by atoms with Crippen molar-refractivity contribution in [3.63, 3.8) is 0 Å². The molecule has 0 atom stereocenters. The summed E-state index contributed by atoms with van der Waals surface area (Å²) >= 11 is 0. The van der Waals surface area contributed by atoms with E-state index in [0.29, 0.717) is 5.92 Å². The molecule has 0 aliphatic rings. The number of benzene rings is 2. The van der Waals surface area contributed by atoms with E-state index >= 15 is 0 Å². The van der Waals surface area contributed by atoms with Crippen LogP contribution in [0.1, 0.15) is 51.7 Å². The van der Waals surface area contributed by atoms with Crippen LogP contribution in [0, 0.1) is 0 Å². The molecule has 114 valence electrons. The monoisotopic (exact) mass is 284 g/mol. The lowest BCUT2D eigenvalue weighted by Crippen LogP contribution is -2.10. The van der Waals surface area contributed by atoms with E-state index in [1.807, 2.05) is 30.3 Å². The molecule has 4 N–H and O–H groups in total. The molecular formula is C19H28N2. The summed E-state index contributed by atoms with van der Waals surface area (Å²) in [5.41, 5.74) is 15.7. The van der Waals surface area contributed by atoms with Gasteiger partial charge in [0.1, 0.15) is 0 Å². The lowest BCUT2D eigenvalue weighted by Gasteiger charge is -2.18. The molecule has 0 spiro atoms. The summed E-state index contributed by atoms with van der Waals surface area (Å²) in [6, 6.07) is 16.1. The topological polar surface area (TPSA) is 52.0 Å². The third-order valence-electron chi connectivity index (χ3n) is 3.35. The molecule has 0 aromatic heterocycles. The third-order valence-corrected chi connectivity index (χ3v) is 3.35. The van der Waals surface area contributed by atoms with Gasteiger partial charge in [-0.2, -0.15) is 0 Å². The van der Waals surface area contributed by atoms with Gasteiger partial charge in [0.05, 0.1) is 0 Å². The van der Waals surface area contributed by atoms with Crippen LogP contribution in [-0.4, -0.2) is 0 Å². The van der Waals surface area contributed by atoms with Gasteiger partial charge in [-0.05, 0) is 46.7 Å². The highest BCUT2D eigenvalue weighted by atomic mass is 14.5. The molecule has 2 heteroatoms. The number of rotatable bonds is 1. The average Bonchev–Trinajstić information content (AvgIpc) is 2.39. The van der Waals surface area contributed by atoms with Crippen LogP contribution >= 0.6 is 0 Å². The van der Waals surface area contributed by atoms with Gasteiger partial charge < -0.3 is 11.5 Å². The Morgan fingerprint density at radius 1 is 0.810 bits per heavy atom. The van der Waals surface area contributed by atoms with Crippen LogP contribution in [-0.2, 0) is 5.41 Å². The molecule has 2 aromatic carbocycles. The lowest BCUT2D eigenvalue weighted by molar-refractivity contribution is 0.590. The van der Waals surface area contributed by atoms with Crippen LogP contribution in [0.2, 0.25) is 0 Å². The van der Waals surface area contributed by atoms with Crippen molar-refractivity contribution in [3.8, 4) is 0 Å². The molecule has 2 nitrogen and oxygen atoms in total. The zero-order valence-corrected chi connectivity index (χ0v) is 13.9. The maximum atomic E-state index is 5.60. The Bertz CT molecular complexity index is 549. The van der Waals surface area contributed by atoms with Gasteiger partial charge in [-0.15, -0.1) is 0 Å². The Morgan fingerprint density at radius 3 is 1.76 bits per heavy atom. The summed E-state index contributed by atoms with van der Waals surface area (Å²) in [6.07, 6.45) is 0. The van der Waals surface area contributed by atoms with Gasteiger partial charge in [-0.3, -0.25) is 0 Å². The van der Waals surface area contributed by atoms with Crippen molar-refractivity contribution in [2.45, 2.75) is 46.0 Å². The molecule has 0 saturated heterocycles. The molecule has 0 bridgehead atoms. The second-order valence-corrected chi connectivity index (χ2v) is 6.70. The molecule has 2 rings (SSSR count). The van der Waals surface area contributed by atoms with Crippen molar-refractivity contribution in [1.82, 2.24) is 0 Å². The van der Waals surface area contributed by atoms with Gasteiger partial charge in [0.15, 0.2) is 0 Å². The predicted molar refractivity (Wildman–Crippen MR) is 94.5 cm³/mol. The summed E-state index contributed by atoms with van der Waals surface area (Å²) in [4.78, 5) is 0. The number of nitrogen functional groups attached to an aromatic ring is 2. The average molecular weight is 284 g/mol. The van der Waals surface area contributed by atoms with Crippen LogP contribution in [0.4, 0.5) is 11.4 Å². The minimum Gasteiger partial charge on any atom is -0.399 e. The molecular weight excluding hydrogens is 256 g/mol. The van der Waals surface area contributed by atoms with Crippen molar-refractivity contribution in [1.29, 1.82) is 0 Å². The van der Waals surface area contributed by atoms with Crippen molar-refractivity contribution >= 4 is 11.4 Å². The minimum absolute atomic E-state index is 0.230. The molecule has 0 aliphatic heterocycles. The zero-order chi connectivity index (χ0) is 16.0. The zero-order valence-electron chi connectivity index (χ0n) is 13.9. The van der Waals surface area contributed by atoms with Crippen molar-refractivity contribution in [2.24, 2.45) is 0 Å². The fourth-order valence-corrected chi connectivity index (χ4v) is 1.90. The number of hydrogen-bond acceptors (Lipinski definition) is 2. The van der Waals surface area contributed by atoms with E-state index in [1.165, 1.54) is 11.1 Å². The van der Waals surface area contributed by atoms with E-state index in [2.05, 4.69) is 52.8 Å². The first-order valence-corrected chi connectivity index (χ1v) is 7.41. The molecule has 21 heavy (non-hydrogen) atoms. The van der Waals surface area contributed by atoms with E-state index < -0.39 is 0 Å². The lowest BCUT2D eigenvalue weighted by atomic mass is 9.87. The van der Waals surface area contributed by atoms with Gasteiger partial charge in [-0.1, -0.05) is 58.9 Å². The first kappa shape index (κ1) is 17.1. The van der Waals surface area contributed by atoms with Crippen LogP contribution in [0.25, 0.3) is 0 Å². The highest BCUT2D eigenvalue weighted by molar-refractivity contribution is 5.41. The van der Waals surface area contributed by atoms with Crippen molar-refractivity contribution in [2.75, 3.05) is 11.5 Å². The maximum absolute atomic E-state index is 5.60. The Balaban J connectivity index is 0.000000211. The van der Waals surface area contributed by atoms with Gasteiger partial charge in [0.25, 0.3) is 0 Å². The highest BCUT2D eigenvalue weighted by Gasteiger charge is 2.11. The Morgan fingerprint density at radius 2 is 1.38 bits per heavy atom. The van der Waals surface area contributed by atoms with Crippen LogP contribution in [0.5, 0.6) is 0 Å². The molecule has 0 unspecified atom stereocenters. The Kier molecular flexibility index (Phi) is 5.83. The van der Waals surface area contributed by atoms with Gasteiger partial charge in [0, 0.05) is 11.4 Å². The number of anilines is 2. The normalized spacial score (nSPS) is 11.0. The second-order valence-electron chi connectivity index (χ2n) is 6.70. The molecule has 0 fully saturated rings. The summed E-state index contributed by atoms with van der Waals surface area (Å²) in [5.74, 6) is 0.573. The molecule has 0 saturated carbocycles. The predicted octanol–water partition coefficient (Wildman–Crippen LogP) is 4.96. The first-order chi connectivity index (χ1) is 9.70. The molecule has 0 amide bonds. The van der Waals surface area contributed by atoms with E-state index in [4.69, 9.17) is 11.5 Å². The van der Waals surface area contributed by atoms with E-state index in [1.54, 1.807) is 0 Å². The molecule has 2 aromatic rings. The number of hydrogen-bond donors (Lipinski definition) is 2. The number of nitrogens with two attached hydrogens (primary N) is 2. The standard InChI is InChI=1S/C10H15N.C9H13N/c1-10(2,3)8-4-6-9(11)7-5-8;1-7(2)8-4-3-5-9(10)6-8/h4-7H,11H2,1-3H3;3-7H,10H2,1-2H3. The minimum atomic E-state index is 0.230. The SMILES string of the molecule is CC(C)(C)c1ccc(N)cc1.CC(C)c1cccc(N)c1. The highest BCUT2D eigenvalue weighted by Crippen LogP contribution is 2.22. The van der Waals surface area contributed by atoms with Crippen LogP contribution in [0.3, 0.4) is 0 Å². The third kappa shape index (κ3) is 5.90. The largest absolute Gasteiger partial charge is 0.399 e. The van der Waals surface area contributed by atoms with Crippen LogP contribution in [0.15, 0.2) is 48.5 Å². The quantitative estimate of drug-likeness (QED) is 0.727. The van der Waals surface area contributed by atoms with E-state index in [-0.39, 0.29) is 5.41 Å². The second kappa shape index (κ2) is 7.16. The fourth-order valence-electron chi connectivity index (χ4n) is 1.90. The Hall–Kier alpha value is -1.96. The van der Waals surface area contributed by atoms with E-state index in [0.717, 1.165) is 11.4 Å². The summed E-state index contributed by atoms with van der Waals surface area (Å²) in [7, 11) is 0. The first-order valence-electron chi connectivity index (χ1n) is 7.41. The molecule has 0 aliphatic carbocycles. The molecule has 0 radical (unpaired) electrons. The van der Waals surface area contributed by atoms with Gasteiger partial charge in [0.2, 0.25) is 0 Å². The smallest absolute Gasteiger partial charge is 0.0316 e. The summed E-state index contributed by atoms with van der Waals surface area (Å²) in [6.45, 7) is 10.9. The van der Waals surface area contributed by atoms with Gasteiger partial charge in [-0.25, -0.2) is 0 Å². The fraction of sp³-hybridized carbons (Fsp3) is 0.368. The summed E-state index contributed by atoms with van der Waals surface area (Å²) in [5, 5.41) is 0. The molecule has 0 heterocycles. The maximum Gasteiger partial charge on any atom is 0.0316 e. The summed E-state index contributed by atoms with van der Waals surface area (Å²) < 4.78 is 0. The van der Waals surface area contributed by atoms with Crippen molar-refractivity contribution < 1.29 is 0 Å². The van der Waals surface area contributed by atoms with Crippen molar-refractivity contribution in [3.05, 3.63) is 59.7 Å². The van der Waals surface area contributed by atoms with Gasteiger partial charge >= 0.3 is 0 Å². The van der Waals surface area contributed by atoms with Crippen LogP contribution < -0.4 is 11.5 Å². The Labute approximate surface area is 129 Å².